The first-order valence-electron chi connectivity index (χ1n) is 7.27. The molecule has 1 aromatic carbocycles. The van der Waals surface area contributed by atoms with E-state index in [-0.39, 0.29) is 6.10 Å². The Morgan fingerprint density at radius 3 is 2.81 bits per heavy atom. The predicted octanol–water partition coefficient (Wildman–Crippen LogP) is 3.75. The molecule has 1 N–H and O–H groups in total. The lowest BCUT2D eigenvalue weighted by Crippen LogP contribution is -2.14. The van der Waals surface area contributed by atoms with E-state index in [1.165, 1.54) is 5.56 Å². The number of anilines is 1. The first-order valence-corrected chi connectivity index (χ1v) is 8.35. The number of hydrogen-bond acceptors (Lipinski definition) is 4. The molecule has 5 heteroatoms. The molecule has 2 aromatic rings. The van der Waals surface area contributed by atoms with E-state index in [0.29, 0.717) is 0 Å². The van der Waals surface area contributed by atoms with Crippen LogP contribution in [0.4, 0.5) is 5.82 Å². The van der Waals surface area contributed by atoms with Crippen LogP contribution in [0.3, 0.4) is 0 Å². The van der Waals surface area contributed by atoms with Crippen LogP contribution >= 0.6 is 22.6 Å². The van der Waals surface area contributed by atoms with Crippen LogP contribution in [0, 0.1) is 3.57 Å². The van der Waals surface area contributed by atoms with Crippen molar-refractivity contribution < 1.29 is 4.74 Å². The van der Waals surface area contributed by atoms with Gasteiger partial charge in [0.05, 0.1) is 9.26 Å². The molecule has 1 aromatic heterocycles. The highest BCUT2D eigenvalue weighted by atomic mass is 127. The van der Waals surface area contributed by atoms with Crippen LogP contribution in [0.5, 0.6) is 5.75 Å². The molecule has 21 heavy (non-hydrogen) atoms. The highest BCUT2D eigenvalue weighted by Crippen LogP contribution is 2.36. The minimum absolute atomic E-state index is 0.0814. The summed E-state index contributed by atoms with van der Waals surface area (Å²) in [4.78, 5) is 9.40. The standard InChI is InChI=1S/C16H18IN3O/c1-3-11-14(17)16(18-4-2)20-15(19-11)13-9-10-7-5-6-8-12(10)21-13/h5-8,13H,3-4,9H2,1-2H3,(H,18,19,20). The van der Waals surface area contributed by atoms with Crippen molar-refractivity contribution in [3.63, 3.8) is 0 Å². The monoisotopic (exact) mass is 395 g/mol. The number of para-hydroxylation sites is 1. The van der Waals surface area contributed by atoms with Gasteiger partial charge in [0, 0.05) is 13.0 Å². The van der Waals surface area contributed by atoms with Gasteiger partial charge in [0.15, 0.2) is 11.9 Å². The van der Waals surface area contributed by atoms with Crippen molar-refractivity contribution in [1.29, 1.82) is 0 Å². The molecule has 3 rings (SSSR count). The Hall–Kier alpha value is -1.37. The number of nitrogens with zero attached hydrogens (tertiary/aromatic N) is 2. The van der Waals surface area contributed by atoms with Gasteiger partial charge in [-0.05, 0) is 47.6 Å². The van der Waals surface area contributed by atoms with E-state index < -0.39 is 0 Å². The molecule has 0 fully saturated rings. The molecule has 4 nitrogen and oxygen atoms in total. The molecule has 0 aliphatic carbocycles. The molecule has 0 spiro atoms. The minimum atomic E-state index is -0.0814. The van der Waals surface area contributed by atoms with E-state index >= 15 is 0 Å². The van der Waals surface area contributed by atoms with Crippen LogP contribution in [-0.4, -0.2) is 16.5 Å². The second-order valence-electron chi connectivity index (χ2n) is 4.99. The van der Waals surface area contributed by atoms with E-state index in [2.05, 4.69) is 52.8 Å². The Balaban J connectivity index is 1.95. The molecule has 110 valence electrons. The largest absolute Gasteiger partial charge is 0.482 e. The van der Waals surface area contributed by atoms with Gasteiger partial charge in [0.25, 0.3) is 0 Å². The maximum absolute atomic E-state index is 6.01. The van der Waals surface area contributed by atoms with Crippen molar-refractivity contribution in [2.45, 2.75) is 32.8 Å². The van der Waals surface area contributed by atoms with Crippen LogP contribution in [0.15, 0.2) is 24.3 Å². The lowest BCUT2D eigenvalue weighted by atomic mass is 10.1. The molecule has 0 bridgehead atoms. The van der Waals surface area contributed by atoms with Crippen molar-refractivity contribution in [3.05, 3.63) is 44.9 Å². The van der Waals surface area contributed by atoms with Gasteiger partial charge < -0.3 is 10.1 Å². The Morgan fingerprint density at radius 1 is 1.29 bits per heavy atom. The average Bonchev–Trinajstić information content (AvgIpc) is 2.93. The number of fused-ring (bicyclic) bond motifs is 1. The molecular formula is C16H18IN3O. The second kappa shape index (κ2) is 6.17. The number of benzene rings is 1. The van der Waals surface area contributed by atoms with Crippen LogP contribution < -0.4 is 10.1 Å². The molecule has 1 aliphatic rings. The summed E-state index contributed by atoms with van der Waals surface area (Å²) < 4.78 is 7.12. The van der Waals surface area contributed by atoms with E-state index in [4.69, 9.17) is 9.72 Å². The fraction of sp³-hybridized carbons (Fsp3) is 0.375. The minimum Gasteiger partial charge on any atom is -0.482 e. The molecule has 2 heterocycles. The fourth-order valence-electron chi connectivity index (χ4n) is 2.50. The number of aromatic nitrogens is 2. The third-order valence-corrected chi connectivity index (χ3v) is 4.68. The number of hydrogen-bond donors (Lipinski definition) is 1. The quantitative estimate of drug-likeness (QED) is 0.802. The summed E-state index contributed by atoms with van der Waals surface area (Å²) in [5.41, 5.74) is 2.31. The average molecular weight is 395 g/mol. The molecule has 0 amide bonds. The van der Waals surface area contributed by atoms with E-state index in [9.17, 15) is 0 Å². The number of ether oxygens (including phenoxy) is 1. The van der Waals surface area contributed by atoms with Crippen LogP contribution in [0.1, 0.15) is 37.0 Å². The number of halogens is 1. The van der Waals surface area contributed by atoms with Gasteiger partial charge in [0.2, 0.25) is 0 Å². The summed E-state index contributed by atoms with van der Waals surface area (Å²) in [6, 6.07) is 8.15. The summed E-state index contributed by atoms with van der Waals surface area (Å²) in [7, 11) is 0. The zero-order valence-corrected chi connectivity index (χ0v) is 14.3. The highest BCUT2D eigenvalue weighted by Gasteiger charge is 2.27. The van der Waals surface area contributed by atoms with Gasteiger partial charge in [-0.1, -0.05) is 25.1 Å². The normalized spacial score (nSPS) is 16.4. The van der Waals surface area contributed by atoms with E-state index in [1.54, 1.807) is 0 Å². The Bertz CT molecular complexity index is 635. The zero-order valence-electron chi connectivity index (χ0n) is 12.2. The zero-order chi connectivity index (χ0) is 14.8. The Labute approximate surface area is 138 Å². The molecule has 1 aliphatic heterocycles. The van der Waals surface area contributed by atoms with E-state index in [0.717, 1.165) is 46.0 Å². The van der Waals surface area contributed by atoms with Crippen LogP contribution in [0.25, 0.3) is 0 Å². The summed E-state index contributed by atoms with van der Waals surface area (Å²) in [5.74, 6) is 2.65. The third kappa shape index (κ3) is 2.84. The smallest absolute Gasteiger partial charge is 0.172 e. The highest BCUT2D eigenvalue weighted by molar-refractivity contribution is 14.1. The van der Waals surface area contributed by atoms with Gasteiger partial charge in [-0.25, -0.2) is 9.97 Å². The van der Waals surface area contributed by atoms with Crippen LogP contribution in [-0.2, 0) is 12.8 Å². The van der Waals surface area contributed by atoms with Gasteiger partial charge in [0.1, 0.15) is 11.6 Å². The SMILES string of the molecule is CCNc1nc(C2Cc3ccccc3O2)nc(CC)c1I. The topological polar surface area (TPSA) is 47.0 Å². The molecule has 0 radical (unpaired) electrons. The van der Waals surface area contributed by atoms with Gasteiger partial charge in [-0.15, -0.1) is 0 Å². The molecule has 0 saturated carbocycles. The van der Waals surface area contributed by atoms with Crippen molar-refractivity contribution in [2.75, 3.05) is 11.9 Å². The van der Waals surface area contributed by atoms with Gasteiger partial charge in [-0.2, -0.15) is 0 Å². The molecule has 1 atom stereocenters. The Kier molecular flexibility index (Phi) is 4.28. The molecular weight excluding hydrogens is 377 g/mol. The molecule has 1 unspecified atom stereocenters. The van der Waals surface area contributed by atoms with Crippen molar-refractivity contribution in [2.24, 2.45) is 0 Å². The van der Waals surface area contributed by atoms with Gasteiger partial charge >= 0.3 is 0 Å². The summed E-state index contributed by atoms with van der Waals surface area (Å²) in [6.45, 7) is 5.04. The Morgan fingerprint density at radius 2 is 2.10 bits per heavy atom. The number of aryl methyl sites for hydroxylation is 1. The van der Waals surface area contributed by atoms with E-state index in [1.807, 2.05) is 18.2 Å². The van der Waals surface area contributed by atoms with Gasteiger partial charge in [-0.3, -0.25) is 0 Å². The number of nitrogens with one attached hydrogen (secondary N) is 1. The lowest BCUT2D eigenvalue weighted by molar-refractivity contribution is 0.227. The molecule has 0 saturated heterocycles. The maximum atomic E-state index is 6.01. The summed E-state index contributed by atoms with van der Waals surface area (Å²) in [6.07, 6.45) is 1.65. The lowest BCUT2D eigenvalue weighted by Gasteiger charge is -2.15. The third-order valence-electron chi connectivity index (χ3n) is 3.55. The first-order chi connectivity index (χ1) is 10.2. The van der Waals surface area contributed by atoms with Crippen LogP contribution in [0.2, 0.25) is 0 Å². The van der Waals surface area contributed by atoms with Crippen molar-refractivity contribution >= 4 is 28.4 Å². The van der Waals surface area contributed by atoms with Crippen molar-refractivity contribution in [1.82, 2.24) is 9.97 Å². The summed E-state index contributed by atoms with van der Waals surface area (Å²) >= 11 is 2.32. The fourth-order valence-corrected chi connectivity index (χ4v) is 3.31. The summed E-state index contributed by atoms with van der Waals surface area (Å²) in [5, 5.41) is 3.32. The predicted molar refractivity (Wildman–Crippen MR) is 91.8 cm³/mol. The second-order valence-corrected chi connectivity index (χ2v) is 6.07. The first kappa shape index (κ1) is 14.6. The van der Waals surface area contributed by atoms with Crippen molar-refractivity contribution in [3.8, 4) is 5.75 Å². The maximum Gasteiger partial charge on any atom is 0.172 e. The number of rotatable bonds is 4.